The van der Waals surface area contributed by atoms with Crippen LogP contribution >= 0.6 is 0 Å². The van der Waals surface area contributed by atoms with Gasteiger partial charge in [0.15, 0.2) is 0 Å². The van der Waals surface area contributed by atoms with Crippen molar-refractivity contribution in [3.8, 4) is 0 Å². The van der Waals surface area contributed by atoms with Gasteiger partial charge in [-0.3, -0.25) is 4.79 Å². The van der Waals surface area contributed by atoms with E-state index in [0.717, 1.165) is 12.8 Å². The number of ether oxygens (including phenoxy) is 1. The Balaban J connectivity index is 2.39. The molecule has 0 aromatic heterocycles. The summed E-state index contributed by atoms with van der Waals surface area (Å²) in [6.07, 6.45) is 7.46. The number of nitrogens with zero attached hydrogens (tertiary/aromatic N) is 1. The van der Waals surface area contributed by atoms with Crippen LogP contribution in [-0.2, 0) is 9.53 Å². The minimum atomic E-state index is -0.367. The highest BCUT2D eigenvalue weighted by Crippen LogP contribution is 2.38. The number of piperidine rings is 1. The van der Waals surface area contributed by atoms with Crippen molar-refractivity contribution in [3.63, 3.8) is 0 Å². The lowest BCUT2D eigenvalue weighted by Gasteiger charge is -2.50. The summed E-state index contributed by atoms with van der Waals surface area (Å²) < 4.78 is 5.64. The van der Waals surface area contributed by atoms with E-state index in [1.165, 1.54) is 24.3 Å². The molecule has 0 aliphatic carbocycles. The summed E-state index contributed by atoms with van der Waals surface area (Å²) in [6.45, 7) is 10.1. The van der Waals surface area contributed by atoms with E-state index in [4.69, 9.17) is 4.74 Å². The highest BCUT2D eigenvalue weighted by molar-refractivity contribution is 5.69. The molecule has 0 atom stereocenters. The molecule has 1 aliphatic heterocycles. The lowest BCUT2D eigenvalue weighted by Crippen LogP contribution is -2.60. The molecule has 4 nitrogen and oxygen atoms in total. The molecule has 21 heavy (non-hydrogen) atoms. The van der Waals surface area contributed by atoms with Gasteiger partial charge in [0.05, 0.1) is 0 Å². The largest absolute Gasteiger partial charge is 0.462 e. The molecule has 0 spiro atoms. The van der Waals surface area contributed by atoms with Gasteiger partial charge >= 0.3 is 5.97 Å². The highest BCUT2D eigenvalue weighted by atomic mass is 16.5. The first-order valence-corrected chi connectivity index (χ1v) is 8.38. The SMILES string of the molecule is CCCCCCCC(=O)OC1CC(C)(C)N(O)C(C)(C)C1. The fourth-order valence-electron chi connectivity index (χ4n) is 3.38. The van der Waals surface area contributed by atoms with Crippen molar-refractivity contribution in [1.29, 1.82) is 0 Å². The van der Waals surface area contributed by atoms with E-state index in [9.17, 15) is 10.0 Å². The monoisotopic (exact) mass is 299 g/mol. The van der Waals surface area contributed by atoms with E-state index >= 15 is 0 Å². The Morgan fingerprint density at radius 2 is 1.62 bits per heavy atom. The number of rotatable bonds is 7. The molecule has 124 valence electrons. The molecule has 0 aromatic carbocycles. The van der Waals surface area contributed by atoms with Gasteiger partial charge in [0, 0.05) is 30.3 Å². The quantitative estimate of drug-likeness (QED) is 0.562. The van der Waals surface area contributed by atoms with E-state index in [-0.39, 0.29) is 23.2 Å². The van der Waals surface area contributed by atoms with Gasteiger partial charge in [-0.05, 0) is 34.1 Å². The average Bonchev–Trinajstić information content (AvgIpc) is 2.35. The lowest BCUT2D eigenvalue weighted by atomic mass is 9.80. The second-order valence-corrected chi connectivity index (χ2v) is 7.62. The molecule has 1 N–H and O–H groups in total. The van der Waals surface area contributed by atoms with Gasteiger partial charge in [0.1, 0.15) is 6.10 Å². The molecule has 1 fully saturated rings. The summed E-state index contributed by atoms with van der Waals surface area (Å²) in [6, 6.07) is 0. The zero-order valence-corrected chi connectivity index (χ0v) is 14.4. The van der Waals surface area contributed by atoms with E-state index in [0.29, 0.717) is 19.3 Å². The Morgan fingerprint density at radius 3 is 2.14 bits per heavy atom. The molecule has 0 radical (unpaired) electrons. The van der Waals surface area contributed by atoms with Crippen molar-refractivity contribution in [3.05, 3.63) is 0 Å². The zero-order chi connectivity index (χ0) is 16.1. The first-order valence-electron chi connectivity index (χ1n) is 8.38. The predicted octanol–water partition coefficient (Wildman–Crippen LogP) is 4.30. The molecular formula is C17H33NO3. The summed E-state index contributed by atoms with van der Waals surface area (Å²) in [5, 5.41) is 11.6. The van der Waals surface area contributed by atoms with Crippen molar-refractivity contribution >= 4 is 5.97 Å². The van der Waals surface area contributed by atoms with Crippen LogP contribution in [0.25, 0.3) is 0 Å². The Kier molecular flexibility index (Phi) is 6.67. The molecular weight excluding hydrogens is 266 g/mol. The first-order chi connectivity index (χ1) is 9.69. The van der Waals surface area contributed by atoms with Gasteiger partial charge in [-0.1, -0.05) is 32.6 Å². The minimum absolute atomic E-state index is 0.0884. The normalized spacial score (nSPS) is 22.2. The molecule has 0 amide bonds. The van der Waals surface area contributed by atoms with Crippen LogP contribution in [0.3, 0.4) is 0 Å². The molecule has 0 unspecified atom stereocenters. The van der Waals surface area contributed by atoms with Crippen LogP contribution in [-0.4, -0.2) is 33.4 Å². The number of hydrogen-bond acceptors (Lipinski definition) is 4. The summed E-state index contributed by atoms with van der Waals surface area (Å²) in [5.74, 6) is -0.0884. The number of carbonyl (C=O) groups is 1. The van der Waals surface area contributed by atoms with Crippen LogP contribution < -0.4 is 0 Å². The van der Waals surface area contributed by atoms with Gasteiger partial charge < -0.3 is 9.94 Å². The fraction of sp³-hybridized carbons (Fsp3) is 0.941. The standard InChI is InChI=1S/C17H33NO3/c1-6-7-8-9-10-11-15(19)21-14-12-16(2,3)18(20)17(4,5)13-14/h14,20H,6-13H2,1-5H3. The molecule has 0 saturated carbocycles. The van der Waals surface area contributed by atoms with E-state index in [1.54, 1.807) is 0 Å². The lowest BCUT2D eigenvalue weighted by molar-refractivity contribution is -0.259. The zero-order valence-electron chi connectivity index (χ0n) is 14.4. The van der Waals surface area contributed by atoms with Crippen molar-refractivity contribution in [1.82, 2.24) is 5.06 Å². The second kappa shape index (κ2) is 7.59. The van der Waals surface area contributed by atoms with E-state index in [1.807, 2.05) is 27.7 Å². The van der Waals surface area contributed by atoms with Gasteiger partial charge in [-0.15, -0.1) is 0 Å². The Hall–Kier alpha value is -0.610. The van der Waals surface area contributed by atoms with E-state index in [2.05, 4.69) is 6.92 Å². The number of esters is 1. The maximum Gasteiger partial charge on any atom is 0.306 e. The van der Waals surface area contributed by atoms with Crippen LogP contribution in [0.1, 0.15) is 86.0 Å². The molecule has 1 aliphatic rings. The van der Waals surface area contributed by atoms with Gasteiger partial charge in [0.2, 0.25) is 0 Å². The molecule has 0 aromatic rings. The predicted molar refractivity (Wildman–Crippen MR) is 84.3 cm³/mol. The fourth-order valence-corrected chi connectivity index (χ4v) is 3.38. The smallest absolute Gasteiger partial charge is 0.306 e. The summed E-state index contributed by atoms with van der Waals surface area (Å²) >= 11 is 0. The molecule has 1 heterocycles. The second-order valence-electron chi connectivity index (χ2n) is 7.62. The Morgan fingerprint density at radius 1 is 1.10 bits per heavy atom. The Labute approximate surface area is 129 Å². The first kappa shape index (κ1) is 18.4. The summed E-state index contributed by atoms with van der Waals surface area (Å²) in [5.41, 5.74) is -0.734. The highest BCUT2D eigenvalue weighted by Gasteiger charge is 2.46. The number of hydroxylamine groups is 2. The third-order valence-corrected chi connectivity index (χ3v) is 4.38. The molecule has 1 rings (SSSR count). The van der Waals surface area contributed by atoms with Crippen molar-refractivity contribution in [2.24, 2.45) is 0 Å². The minimum Gasteiger partial charge on any atom is -0.462 e. The average molecular weight is 299 g/mol. The third kappa shape index (κ3) is 5.59. The van der Waals surface area contributed by atoms with Gasteiger partial charge in [-0.2, -0.15) is 5.06 Å². The molecule has 4 heteroatoms. The number of carbonyl (C=O) groups excluding carboxylic acids is 1. The van der Waals surface area contributed by atoms with Crippen molar-refractivity contribution in [2.75, 3.05) is 0 Å². The van der Waals surface area contributed by atoms with Crippen LogP contribution in [0, 0.1) is 0 Å². The maximum absolute atomic E-state index is 11.9. The topological polar surface area (TPSA) is 49.8 Å². The van der Waals surface area contributed by atoms with Gasteiger partial charge in [-0.25, -0.2) is 0 Å². The molecule has 0 bridgehead atoms. The third-order valence-electron chi connectivity index (χ3n) is 4.38. The van der Waals surface area contributed by atoms with Crippen molar-refractivity contribution in [2.45, 2.75) is 103 Å². The van der Waals surface area contributed by atoms with Crippen LogP contribution in [0.2, 0.25) is 0 Å². The number of unbranched alkanes of at least 4 members (excludes halogenated alkanes) is 4. The summed E-state index contributed by atoms with van der Waals surface area (Å²) in [4.78, 5) is 11.9. The van der Waals surface area contributed by atoms with E-state index < -0.39 is 0 Å². The van der Waals surface area contributed by atoms with Crippen LogP contribution in [0.5, 0.6) is 0 Å². The Bertz CT molecular complexity index is 321. The summed E-state index contributed by atoms with van der Waals surface area (Å²) in [7, 11) is 0. The number of hydrogen-bond donors (Lipinski definition) is 1. The van der Waals surface area contributed by atoms with Crippen LogP contribution in [0.4, 0.5) is 0 Å². The van der Waals surface area contributed by atoms with Crippen LogP contribution in [0.15, 0.2) is 0 Å². The maximum atomic E-state index is 11.9. The van der Waals surface area contributed by atoms with Gasteiger partial charge in [0.25, 0.3) is 0 Å². The molecule has 1 saturated heterocycles. The van der Waals surface area contributed by atoms with Crippen molar-refractivity contribution < 1.29 is 14.7 Å².